The summed E-state index contributed by atoms with van der Waals surface area (Å²) < 4.78 is 10.3. The molecule has 6 heteroatoms. The molecule has 1 aliphatic heterocycles. The molecule has 1 fully saturated rings. The second kappa shape index (κ2) is 8.38. The standard InChI is InChI=1S/C20H22N2O4/c1-25-20(24)16-6-5-7-17(14-16)21-10-12-22(13-11-21)19(23)15-26-18-8-3-2-4-9-18/h2-9,14H,10-13,15H2,1H3. The zero-order chi connectivity index (χ0) is 18.4. The Morgan fingerprint density at radius 1 is 0.962 bits per heavy atom. The van der Waals surface area contributed by atoms with Gasteiger partial charge in [-0.3, -0.25) is 4.79 Å². The highest BCUT2D eigenvalue weighted by Gasteiger charge is 2.22. The van der Waals surface area contributed by atoms with Gasteiger partial charge in [0.25, 0.3) is 5.91 Å². The summed E-state index contributed by atoms with van der Waals surface area (Å²) in [5.41, 5.74) is 1.49. The molecule has 0 bridgehead atoms. The molecule has 6 nitrogen and oxygen atoms in total. The zero-order valence-corrected chi connectivity index (χ0v) is 14.8. The van der Waals surface area contributed by atoms with Crippen molar-refractivity contribution in [1.82, 2.24) is 4.90 Å². The van der Waals surface area contributed by atoms with Crippen molar-refractivity contribution in [2.45, 2.75) is 0 Å². The third-order valence-corrected chi connectivity index (χ3v) is 4.37. The van der Waals surface area contributed by atoms with Crippen molar-refractivity contribution in [2.24, 2.45) is 0 Å². The molecule has 0 unspecified atom stereocenters. The number of piperazine rings is 1. The predicted octanol–water partition coefficient (Wildman–Crippen LogP) is 2.20. The number of nitrogens with zero attached hydrogens (tertiary/aromatic N) is 2. The van der Waals surface area contributed by atoms with E-state index in [2.05, 4.69) is 4.90 Å². The van der Waals surface area contributed by atoms with Crippen LogP contribution in [-0.4, -0.2) is 56.7 Å². The quantitative estimate of drug-likeness (QED) is 0.771. The molecule has 0 radical (unpaired) electrons. The summed E-state index contributed by atoms with van der Waals surface area (Å²) in [6, 6.07) is 16.7. The molecular formula is C20H22N2O4. The fraction of sp³-hybridized carbons (Fsp3) is 0.300. The molecule has 136 valence electrons. The topological polar surface area (TPSA) is 59.1 Å². The van der Waals surface area contributed by atoms with Crippen LogP contribution in [0, 0.1) is 0 Å². The second-order valence-electron chi connectivity index (χ2n) is 6.01. The van der Waals surface area contributed by atoms with E-state index >= 15 is 0 Å². The molecule has 0 saturated carbocycles. The monoisotopic (exact) mass is 354 g/mol. The van der Waals surface area contributed by atoms with Crippen molar-refractivity contribution in [1.29, 1.82) is 0 Å². The molecule has 0 aliphatic carbocycles. The number of benzene rings is 2. The van der Waals surface area contributed by atoms with Crippen LogP contribution in [0.1, 0.15) is 10.4 Å². The molecular weight excluding hydrogens is 332 g/mol. The number of ether oxygens (including phenoxy) is 2. The summed E-state index contributed by atoms with van der Waals surface area (Å²) in [6.07, 6.45) is 0. The first-order valence-corrected chi connectivity index (χ1v) is 8.56. The van der Waals surface area contributed by atoms with Gasteiger partial charge in [0.2, 0.25) is 0 Å². The number of hydrogen-bond donors (Lipinski definition) is 0. The first kappa shape index (κ1) is 17.8. The van der Waals surface area contributed by atoms with Crippen molar-refractivity contribution in [3.8, 4) is 5.75 Å². The molecule has 0 N–H and O–H groups in total. The highest BCUT2D eigenvalue weighted by Crippen LogP contribution is 2.19. The summed E-state index contributed by atoms with van der Waals surface area (Å²) in [5, 5.41) is 0. The highest BCUT2D eigenvalue weighted by atomic mass is 16.5. The second-order valence-corrected chi connectivity index (χ2v) is 6.01. The van der Waals surface area contributed by atoms with Gasteiger partial charge in [-0.15, -0.1) is 0 Å². The number of methoxy groups -OCH3 is 1. The van der Waals surface area contributed by atoms with Gasteiger partial charge >= 0.3 is 5.97 Å². The minimum Gasteiger partial charge on any atom is -0.484 e. The molecule has 2 aromatic carbocycles. The van der Waals surface area contributed by atoms with Crippen LogP contribution < -0.4 is 9.64 Å². The Kier molecular flexibility index (Phi) is 5.73. The van der Waals surface area contributed by atoms with Gasteiger partial charge in [-0.2, -0.15) is 0 Å². The summed E-state index contributed by atoms with van der Waals surface area (Å²) >= 11 is 0. The van der Waals surface area contributed by atoms with Crippen LogP contribution in [0.15, 0.2) is 54.6 Å². The first-order valence-electron chi connectivity index (χ1n) is 8.56. The lowest BCUT2D eigenvalue weighted by Gasteiger charge is -2.36. The molecule has 1 aliphatic rings. The van der Waals surface area contributed by atoms with Gasteiger partial charge in [0.05, 0.1) is 12.7 Å². The van der Waals surface area contributed by atoms with E-state index < -0.39 is 0 Å². The van der Waals surface area contributed by atoms with Gasteiger partial charge in [0.15, 0.2) is 6.61 Å². The van der Waals surface area contributed by atoms with E-state index in [1.165, 1.54) is 7.11 Å². The number of carbonyl (C=O) groups excluding carboxylic acids is 2. The van der Waals surface area contributed by atoms with E-state index in [1.54, 1.807) is 6.07 Å². The molecule has 1 heterocycles. The van der Waals surface area contributed by atoms with Crippen molar-refractivity contribution >= 4 is 17.6 Å². The maximum absolute atomic E-state index is 12.3. The van der Waals surface area contributed by atoms with Crippen LogP contribution in [0.25, 0.3) is 0 Å². The zero-order valence-electron chi connectivity index (χ0n) is 14.8. The van der Waals surface area contributed by atoms with E-state index in [-0.39, 0.29) is 18.5 Å². The Labute approximate surface area is 152 Å². The predicted molar refractivity (Wildman–Crippen MR) is 98.5 cm³/mol. The number of carbonyl (C=O) groups is 2. The van der Waals surface area contributed by atoms with Crippen LogP contribution in [0.5, 0.6) is 5.75 Å². The number of para-hydroxylation sites is 1. The lowest BCUT2D eigenvalue weighted by atomic mass is 10.1. The lowest BCUT2D eigenvalue weighted by Crippen LogP contribution is -2.50. The third-order valence-electron chi connectivity index (χ3n) is 4.37. The molecule has 1 saturated heterocycles. The largest absolute Gasteiger partial charge is 0.484 e. The molecule has 0 aromatic heterocycles. The Morgan fingerprint density at radius 2 is 1.69 bits per heavy atom. The van der Waals surface area contributed by atoms with Gasteiger partial charge < -0.3 is 19.3 Å². The van der Waals surface area contributed by atoms with Gasteiger partial charge in [-0.1, -0.05) is 24.3 Å². The number of hydrogen-bond acceptors (Lipinski definition) is 5. The highest BCUT2D eigenvalue weighted by molar-refractivity contribution is 5.90. The molecule has 1 amide bonds. The fourth-order valence-electron chi connectivity index (χ4n) is 2.91. The third kappa shape index (κ3) is 4.33. The number of anilines is 1. The minimum absolute atomic E-state index is 0.0168. The van der Waals surface area contributed by atoms with Gasteiger partial charge in [0.1, 0.15) is 5.75 Å². The van der Waals surface area contributed by atoms with E-state index in [9.17, 15) is 9.59 Å². The number of amides is 1. The van der Waals surface area contributed by atoms with Gasteiger partial charge in [-0.25, -0.2) is 4.79 Å². The van der Waals surface area contributed by atoms with Crippen molar-refractivity contribution < 1.29 is 19.1 Å². The number of rotatable bonds is 5. The van der Waals surface area contributed by atoms with E-state index in [4.69, 9.17) is 9.47 Å². The maximum atomic E-state index is 12.3. The van der Waals surface area contributed by atoms with Crippen molar-refractivity contribution in [3.05, 3.63) is 60.2 Å². The van der Waals surface area contributed by atoms with Crippen LogP contribution in [0.4, 0.5) is 5.69 Å². The summed E-state index contributed by atoms with van der Waals surface area (Å²) in [6.45, 7) is 2.71. The molecule has 26 heavy (non-hydrogen) atoms. The number of esters is 1. The summed E-state index contributed by atoms with van der Waals surface area (Å²) in [7, 11) is 1.37. The SMILES string of the molecule is COC(=O)c1cccc(N2CCN(C(=O)COc3ccccc3)CC2)c1. The first-order chi connectivity index (χ1) is 12.7. The summed E-state index contributed by atoms with van der Waals surface area (Å²) in [5.74, 6) is 0.328. The molecule has 3 rings (SSSR count). The van der Waals surface area contributed by atoms with Crippen molar-refractivity contribution in [3.63, 3.8) is 0 Å². The Morgan fingerprint density at radius 3 is 2.38 bits per heavy atom. The van der Waals surface area contributed by atoms with Crippen LogP contribution in [0.2, 0.25) is 0 Å². The Bertz CT molecular complexity index is 755. The van der Waals surface area contributed by atoms with E-state index in [0.29, 0.717) is 37.5 Å². The normalized spacial score (nSPS) is 14.0. The van der Waals surface area contributed by atoms with Crippen LogP contribution in [0.3, 0.4) is 0 Å². The average Bonchev–Trinajstić information content (AvgIpc) is 2.72. The Balaban J connectivity index is 1.52. The lowest BCUT2D eigenvalue weighted by molar-refractivity contribution is -0.133. The maximum Gasteiger partial charge on any atom is 0.337 e. The van der Waals surface area contributed by atoms with Crippen LogP contribution >= 0.6 is 0 Å². The fourth-order valence-corrected chi connectivity index (χ4v) is 2.91. The molecule has 0 spiro atoms. The average molecular weight is 354 g/mol. The Hall–Kier alpha value is -3.02. The van der Waals surface area contributed by atoms with E-state index in [0.717, 1.165) is 5.69 Å². The minimum atomic E-state index is -0.348. The smallest absolute Gasteiger partial charge is 0.337 e. The van der Waals surface area contributed by atoms with Gasteiger partial charge in [0, 0.05) is 31.9 Å². The van der Waals surface area contributed by atoms with Gasteiger partial charge in [-0.05, 0) is 30.3 Å². The molecule has 0 atom stereocenters. The van der Waals surface area contributed by atoms with Crippen molar-refractivity contribution in [2.75, 3.05) is 44.8 Å². The molecule has 2 aromatic rings. The van der Waals surface area contributed by atoms with E-state index in [1.807, 2.05) is 53.4 Å². The van der Waals surface area contributed by atoms with Crippen LogP contribution in [-0.2, 0) is 9.53 Å². The summed E-state index contributed by atoms with van der Waals surface area (Å²) in [4.78, 5) is 28.0.